The topological polar surface area (TPSA) is 93.7 Å². The van der Waals surface area contributed by atoms with E-state index in [0.717, 1.165) is 0 Å². The van der Waals surface area contributed by atoms with Gasteiger partial charge in [-0.25, -0.2) is 4.79 Å². The molecule has 0 unspecified atom stereocenters. The summed E-state index contributed by atoms with van der Waals surface area (Å²) in [7, 11) is 0. The lowest BCUT2D eigenvalue weighted by Crippen LogP contribution is -2.34. The van der Waals surface area contributed by atoms with E-state index in [1.807, 2.05) is 0 Å². The number of rotatable bonds is 7. The lowest BCUT2D eigenvalue weighted by molar-refractivity contribution is 0.0927. The van der Waals surface area contributed by atoms with Crippen molar-refractivity contribution < 1.29 is 23.9 Å². The Morgan fingerprint density at radius 3 is 2.19 bits per heavy atom. The van der Waals surface area contributed by atoms with Crippen LogP contribution in [0.2, 0.25) is 5.02 Å². The first kappa shape index (κ1) is 20.3. The van der Waals surface area contributed by atoms with Gasteiger partial charge in [0.1, 0.15) is 5.75 Å². The molecular weight excluding hydrogens is 372 g/mol. The van der Waals surface area contributed by atoms with Crippen LogP contribution in [0.1, 0.15) is 27.6 Å². The third-order valence-corrected chi connectivity index (χ3v) is 3.72. The van der Waals surface area contributed by atoms with Gasteiger partial charge < -0.3 is 20.1 Å². The second kappa shape index (κ2) is 10.2. The predicted octanol–water partition coefficient (Wildman–Crippen LogP) is 3.04. The Balaban J connectivity index is 1.76. The minimum absolute atomic E-state index is 0.215. The predicted molar refractivity (Wildman–Crippen MR) is 100 cm³/mol. The van der Waals surface area contributed by atoms with Crippen LogP contribution in [0.25, 0.3) is 0 Å². The van der Waals surface area contributed by atoms with Gasteiger partial charge in [-0.1, -0.05) is 23.7 Å². The van der Waals surface area contributed by atoms with E-state index in [2.05, 4.69) is 15.4 Å². The molecule has 2 aromatic carbocycles. The number of carbonyl (C=O) groups is 3. The molecule has 2 rings (SSSR count). The lowest BCUT2D eigenvalue weighted by atomic mass is 10.2. The highest BCUT2D eigenvalue weighted by molar-refractivity contribution is 6.33. The van der Waals surface area contributed by atoms with Gasteiger partial charge in [0.2, 0.25) is 0 Å². The Morgan fingerprint density at radius 2 is 1.56 bits per heavy atom. The molecule has 0 radical (unpaired) electrons. The zero-order valence-corrected chi connectivity index (χ0v) is 15.4. The molecule has 2 amide bonds. The molecule has 0 aliphatic rings. The van der Waals surface area contributed by atoms with Crippen LogP contribution in [0.4, 0.5) is 4.79 Å². The summed E-state index contributed by atoms with van der Waals surface area (Å²) in [6.45, 7) is 2.38. The molecule has 0 aromatic heterocycles. The van der Waals surface area contributed by atoms with E-state index in [-0.39, 0.29) is 37.3 Å². The Hall–Kier alpha value is -3.06. The Bertz CT molecular complexity index is 808. The summed E-state index contributed by atoms with van der Waals surface area (Å²) in [6, 6.07) is 12.7. The van der Waals surface area contributed by atoms with Gasteiger partial charge in [-0.05, 0) is 43.3 Å². The van der Waals surface area contributed by atoms with Crippen LogP contribution in [0.15, 0.2) is 48.5 Å². The number of halogens is 1. The SMILES string of the molecule is CCOC(=O)Oc1ccc(C(=O)NCCNC(=O)c2ccccc2Cl)cc1. The number of carbonyl (C=O) groups excluding carboxylic acids is 3. The van der Waals surface area contributed by atoms with Gasteiger partial charge in [-0.15, -0.1) is 0 Å². The quantitative estimate of drug-likeness (QED) is 0.430. The zero-order valence-electron chi connectivity index (χ0n) is 14.7. The second-order valence-electron chi connectivity index (χ2n) is 5.30. The molecule has 0 spiro atoms. The fourth-order valence-corrected chi connectivity index (χ4v) is 2.33. The third kappa shape index (κ3) is 6.31. The summed E-state index contributed by atoms with van der Waals surface area (Å²) in [5.41, 5.74) is 0.770. The van der Waals surface area contributed by atoms with Crippen molar-refractivity contribution in [1.82, 2.24) is 10.6 Å². The van der Waals surface area contributed by atoms with Crippen LogP contribution in [-0.4, -0.2) is 37.7 Å². The number of amides is 2. The minimum atomic E-state index is -0.802. The normalized spacial score (nSPS) is 10.0. The molecule has 7 nitrogen and oxygen atoms in total. The number of nitrogens with one attached hydrogen (secondary N) is 2. The van der Waals surface area contributed by atoms with Crippen LogP contribution in [0, 0.1) is 0 Å². The van der Waals surface area contributed by atoms with Crippen molar-refractivity contribution in [2.24, 2.45) is 0 Å². The van der Waals surface area contributed by atoms with E-state index in [0.29, 0.717) is 16.1 Å². The Kier molecular flexibility index (Phi) is 7.63. The molecule has 142 valence electrons. The van der Waals surface area contributed by atoms with E-state index >= 15 is 0 Å². The van der Waals surface area contributed by atoms with Gasteiger partial charge in [0, 0.05) is 18.7 Å². The van der Waals surface area contributed by atoms with Crippen molar-refractivity contribution in [2.45, 2.75) is 6.92 Å². The summed E-state index contributed by atoms with van der Waals surface area (Å²) in [4.78, 5) is 35.3. The molecule has 0 aliphatic heterocycles. The first-order valence-corrected chi connectivity index (χ1v) is 8.64. The minimum Gasteiger partial charge on any atom is -0.434 e. The zero-order chi connectivity index (χ0) is 19.6. The molecule has 0 saturated heterocycles. The molecule has 0 bridgehead atoms. The van der Waals surface area contributed by atoms with Crippen LogP contribution < -0.4 is 15.4 Å². The van der Waals surface area contributed by atoms with Crippen molar-refractivity contribution in [3.8, 4) is 5.75 Å². The van der Waals surface area contributed by atoms with Gasteiger partial charge in [0.05, 0.1) is 17.2 Å². The second-order valence-corrected chi connectivity index (χ2v) is 5.71. The molecule has 0 aliphatic carbocycles. The highest BCUT2D eigenvalue weighted by Crippen LogP contribution is 2.14. The average Bonchev–Trinajstić information content (AvgIpc) is 2.66. The van der Waals surface area contributed by atoms with Crippen molar-refractivity contribution in [2.75, 3.05) is 19.7 Å². The molecule has 0 saturated carbocycles. The van der Waals surface area contributed by atoms with E-state index in [1.165, 1.54) is 24.3 Å². The monoisotopic (exact) mass is 390 g/mol. The maximum Gasteiger partial charge on any atom is 0.513 e. The summed E-state index contributed by atoms with van der Waals surface area (Å²) in [6.07, 6.45) is -0.802. The molecule has 0 heterocycles. The largest absolute Gasteiger partial charge is 0.513 e. The molecule has 2 N–H and O–H groups in total. The van der Waals surface area contributed by atoms with Gasteiger partial charge >= 0.3 is 6.16 Å². The highest BCUT2D eigenvalue weighted by Gasteiger charge is 2.10. The highest BCUT2D eigenvalue weighted by atomic mass is 35.5. The Morgan fingerprint density at radius 1 is 0.926 bits per heavy atom. The van der Waals surface area contributed by atoms with E-state index in [9.17, 15) is 14.4 Å². The van der Waals surface area contributed by atoms with Gasteiger partial charge in [-0.3, -0.25) is 9.59 Å². The van der Waals surface area contributed by atoms with Crippen LogP contribution in [0.5, 0.6) is 5.75 Å². The number of benzene rings is 2. The first-order chi connectivity index (χ1) is 13.0. The average molecular weight is 391 g/mol. The molecule has 0 fully saturated rings. The maximum atomic E-state index is 12.1. The summed E-state index contributed by atoms with van der Waals surface area (Å²) in [5.74, 6) is -0.350. The van der Waals surface area contributed by atoms with Gasteiger partial charge in [0.15, 0.2) is 0 Å². The van der Waals surface area contributed by atoms with Crippen LogP contribution in [-0.2, 0) is 4.74 Å². The molecule has 2 aromatic rings. The Labute approximate surface area is 161 Å². The van der Waals surface area contributed by atoms with E-state index in [4.69, 9.17) is 16.3 Å². The summed E-state index contributed by atoms with van der Waals surface area (Å²) in [5, 5.41) is 5.73. The standard InChI is InChI=1S/C19H19ClN2O5/c1-2-26-19(25)27-14-9-7-13(8-10-14)17(23)21-11-12-22-18(24)15-5-3-4-6-16(15)20/h3-10H,2,11-12H2,1H3,(H,21,23)(H,22,24). The van der Waals surface area contributed by atoms with E-state index in [1.54, 1.807) is 31.2 Å². The third-order valence-electron chi connectivity index (χ3n) is 3.39. The van der Waals surface area contributed by atoms with Crippen molar-refractivity contribution in [1.29, 1.82) is 0 Å². The lowest BCUT2D eigenvalue weighted by Gasteiger charge is -2.09. The van der Waals surface area contributed by atoms with Gasteiger partial charge in [0.25, 0.3) is 11.8 Å². The fourth-order valence-electron chi connectivity index (χ4n) is 2.11. The number of hydrogen-bond donors (Lipinski definition) is 2. The van der Waals surface area contributed by atoms with Gasteiger partial charge in [-0.2, -0.15) is 0 Å². The molecule has 8 heteroatoms. The summed E-state index contributed by atoms with van der Waals surface area (Å²) < 4.78 is 9.58. The molecule has 27 heavy (non-hydrogen) atoms. The maximum absolute atomic E-state index is 12.1. The number of hydrogen-bond acceptors (Lipinski definition) is 5. The fraction of sp³-hybridized carbons (Fsp3) is 0.211. The van der Waals surface area contributed by atoms with Crippen molar-refractivity contribution in [3.63, 3.8) is 0 Å². The smallest absolute Gasteiger partial charge is 0.434 e. The van der Waals surface area contributed by atoms with Crippen molar-refractivity contribution in [3.05, 3.63) is 64.7 Å². The first-order valence-electron chi connectivity index (χ1n) is 8.27. The van der Waals surface area contributed by atoms with Crippen LogP contribution in [0.3, 0.4) is 0 Å². The molecule has 0 atom stereocenters. The number of ether oxygens (including phenoxy) is 2. The van der Waals surface area contributed by atoms with E-state index < -0.39 is 6.16 Å². The van der Waals surface area contributed by atoms with Crippen LogP contribution >= 0.6 is 11.6 Å². The summed E-state index contributed by atoms with van der Waals surface area (Å²) >= 11 is 5.95. The molecular formula is C19H19ClN2O5. The van der Waals surface area contributed by atoms with Crippen molar-refractivity contribution >= 4 is 29.6 Å².